The highest BCUT2D eigenvalue weighted by Gasteiger charge is 2.34. The van der Waals surface area contributed by atoms with Crippen molar-refractivity contribution in [2.75, 3.05) is 19.6 Å². The largest absolute Gasteiger partial charge is 0.459 e. The summed E-state index contributed by atoms with van der Waals surface area (Å²) in [5, 5.41) is 4.35. The Kier molecular flexibility index (Phi) is 4.71. The molecule has 2 heterocycles. The molecule has 1 amide bonds. The number of carbonyl (C=O) groups is 1. The van der Waals surface area contributed by atoms with Crippen LogP contribution in [0.3, 0.4) is 0 Å². The Balaban J connectivity index is 1.82. The first kappa shape index (κ1) is 16.1. The third-order valence-electron chi connectivity index (χ3n) is 4.98. The van der Waals surface area contributed by atoms with Crippen LogP contribution in [0.15, 0.2) is 34.7 Å². The van der Waals surface area contributed by atoms with Gasteiger partial charge in [0.05, 0.1) is 6.04 Å². The molecule has 1 N–H and O–H groups in total. The van der Waals surface area contributed by atoms with E-state index in [0.29, 0.717) is 5.92 Å². The maximum absolute atomic E-state index is 13.0. The minimum atomic E-state index is -0.0367. The summed E-state index contributed by atoms with van der Waals surface area (Å²) in [4.78, 5) is 14.9. The Bertz CT molecular complexity index is 642. The van der Waals surface area contributed by atoms with Crippen molar-refractivity contribution in [2.24, 2.45) is 11.8 Å². The number of hydrogen-bond acceptors (Lipinski definition) is 3. The molecule has 0 bridgehead atoms. The minimum absolute atomic E-state index is 0.0367. The van der Waals surface area contributed by atoms with Crippen LogP contribution in [0, 0.1) is 11.8 Å². The number of carbonyl (C=O) groups excluding carboxylic acids is 1. The lowest BCUT2D eigenvalue weighted by Gasteiger charge is -2.36. The number of rotatable bonds is 6. The van der Waals surface area contributed by atoms with Crippen LogP contribution >= 0.6 is 0 Å². The van der Waals surface area contributed by atoms with Gasteiger partial charge in [0.15, 0.2) is 0 Å². The Morgan fingerprint density at radius 1 is 1.35 bits per heavy atom. The maximum Gasteiger partial charge on any atom is 0.226 e. The second-order valence-corrected chi connectivity index (χ2v) is 6.60. The van der Waals surface area contributed by atoms with Crippen LogP contribution in [0.1, 0.15) is 39.0 Å². The lowest BCUT2D eigenvalue weighted by Crippen LogP contribution is -2.50. The summed E-state index contributed by atoms with van der Waals surface area (Å²) in [6.07, 6.45) is 0.950. The number of para-hydroxylation sites is 1. The van der Waals surface area contributed by atoms with Crippen LogP contribution in [0.25, 0.3) is 11.0 Å². The SMILES string of the molecule is CCCN(C(=O)C(C)C1CNC1)C(C)c1cc2ccccc2o1. The van der Waals surface area contributed by atoms with E-state index in [2.05, 4.69) is 32.2 Å². The van der Waals surface area contributed by atoms with Gasteiger partial charge in [0.25, 0.3) is 0 Å². The van der Waals surface area contributed by atoms with Crippen LogP contribution in [0.5, 0.6) is 0 Å². The van der Waals surface area contributed by atoms with Crippen LogP contribution in [0.2, 0.25) is 0 Å². The fraction of sp³-hybridized carbons (Fsp3) is 0.526. The number of nitrogens with zero attached hydrogens (tertiary/aromatic N) is 1. The van der Waals surface area contributed by atoms with Crippen LogP contribution < -0.4 is 5.32 Å². The van der Waals surface area contributed by atoms with E-state index in [-0.39, 0.29) is 17.9 Å². The van der Waals surface area contributed by atoms with E-state index in [1.807, 2.05) is 29.2 Å². The highest BCUT2D eigenvalue weighted by atomic mass is 16.3. The first-order valence-corrected chi connectivity index (χ1v) is 8.61. The maximum atomic E-state index is 13.0. The molecule has 0 saturated carbocycles. The summed E-state index contributed by atoms with van der Waals surface area (Å²) in [6, 6.07) is 10.0. The fourth-order valence-corrected chi connectivity index (χ4v) is 3.23. The summed E-state index contributed by atoms with van der Waals surface area (Å²) >= 11 is 0. The molecule has 0 radical (unpaired) electrons. The van der Waals surface area contributed by atoms with Gasteiger partial charge < -0.3 is 14.6 Å². The van der Waals surface area contributed by atoms with Gasteiger partial charge in [-0.1, -0.05) is 32.0 Å². The van der Waals surface area contributed by atoms with Crippen LogP contribution in [-0.4, -0.2) is 30.4 Å². The van der Waals surface area contributed by atoms with E-state index in [4.69, 9.17) is 4.42 Å². The normalized spacial score (nSPS) is 17.7. The van der Waals surface area contributed by atoms with Gasteiger partial charge in [-0.05, 0) is 44.5 Å². The van der Waals surface area contributed by atoms with E-state index < -0.39 is 0 Å². The lowest BCUT2D eigenvalue weighted by atomic mass is 9.87. The number of nitrogens with one attached hydrogen (secondary N) is 1. The molecule has 1 aromatic heterocycles. The van der Waals surface area contributed by atoms with Crippen molar-refractivity contribution >= 4 is 16.9 Å². The molecule has 2 atom stereocenters. The van der Waals surface area contributed by atoms with Gasteiger partial charge in [-0.2, -0.15) is 0 Å². The van der Waals surface area contributed by atoms with Crippen molar-refractivity contribution in [2.45, 2.75) is 33.2 Å². The van der Waals surface area contributed by atoms with Crippen molar-refractivity contribution in [1.82, 2.24) is 10.2 Å². The zero-order chi connectivity index (χ0) is 16.4. The van der Waals surface area contributed by atoms with Crippen molar-refractivity contribution in [3.05, 3.63) is 36.1 Å². The smallest absolute Gasteiger partial charge is 0.226 e. The topological polar surface area (TPSA) is 45.5 Å². The molecule has 124 valence electrons. The Hall–Kier alpha value is -1.81. The Morgan fingerprint density at radius 3 is 2.70 bits per heavy atom. The van der Waals surface area contributed by atoms with Crippen molar-refractivity contribution in [1.29, 1.82) is 0 Å². The number of furan rings is 1. The van der Waals surface area contributed by atoms with E-state index in [1.165, 1.54) is 0 Å². The summed E-state index contributed by atoms with van der Waals surface area (Å²) in [5.74, 6) is 1.64. The van der Waals surface area contributed by atoms with Gasteiger partial charge in [0.1, 0.15) is 11.3 Å². The molecule has 1 aliphatic rings. The van der Waals surface area contributed by atoms with E-state index in [1.54, 1.807) is 0 Å². The van der Waals surface area contributed by atoms with E-state index in [0.717, 1.165) is 42.8 Å². The van der Waals surface area contributed by atoms with Gasteiger partial charge >= 0.3 is 0 Å². The monoisotopic (exact) mass is 314 g/mol. The third-order valence-corrected chi connectivity index (χ3v) is 4.98. The Morgan fingerprint density at radius 2 is 2.09 bits per heavy atom. The van der Waals surface area contributed by atoms with E-state index in [9.17, 15) is 4.79 Å². The first-order chi connectivity index (χ1) is 11.1. The van der Waals surface area contributed by atoms with Gasteiger partial charge in [-0.15, -0.1) is 0 Å². The molecule has 3 rings (SSSR count). The van der Waals surface area contributed by atoms with Crippen molar-refractivity contribution in [3.63, 3.8) is 0 Å². The van der Waals surface area contributed by atoms with Crippen molar-refractivity contribution in [3.8, 4) is 0 Å². The quantitative estimate of drug-likeness (QED) is 0.886. The molecule has 0 aliphatic carbocycles. The van der Waals surface area contributed by atoms with Crippen LogP contribution in [0.4, 0.5) is 0 Å². The molecular weight excluding hydrogens is 288 g/mol. The fourth-order valence-electron chi connectivity index (χ4n) is 3.23. The van der Waals surface area contributed by atoms with Gasteiger partial charge in [-0.3, -0.25) is 4.79 Å². The average Bonchev–Trinajstić information content (AvgIpc) is 2.93. The zero-order valence-electron chi connectivity index (χ0n) is 14.2. The summed E-state index contributed by atoms with van der Waals surface area (Å²) < 4.78 is 5.98. The Labute approximate surface area is 137 Å². The van der Waals surface area contributed by atoms with E-state index >= 15 is 0 Å². The summed E-state index contributed by atoms with van der Waals surface area (Å²) in [6.45, 7) is 8.90. The van der Waals surface area contributed by atoms with Gasteiger partial charge in [0, 0.05) is 17.8 Å². The van der Waals surface area contributed by atoms with Crippen LogP contribution in [-0.2, 0) is 4.79 Å². The molecule has 2 aromatic rings. The average molecular weight is 314 g/mol. The molecule has 1 aromatic carbocycles. The molecule has 1 saturated heterocycles. The second kappa shape index (κ2) is 6.75. The molecule has 4 nitrogen and oxygen atoms in total. The molecular formula is C19H26N2O2. The molecule has 23 heavy (non-hydrogen) atoms. The first-order valence-electron chi connectivity index (χ1n) is 8.61. The minimum Gasteiger partial charge on any atom is -0.459 e. The molecule has 1 fully saturated rings. The number of fused-ring (bicyclic) bond motifs is 1. The number of hydrogen-bond donors (Lipinski definition) is 1. The molecule has 0 spiro atoms. The molecule has 2 unspecified atom stereocenters. The molecule has 1 aliphatic heterocycles. The zero-order valence-corrected chi connectivity index (χ0v) is 14.2. The highest BCUT2D eigenvalue weighted by molar-refractivity contribution is 5.80. The summed E-state index contributed by atoms with van der Waals surface area (Å²) in [5.41, 5.74) is 0.884. The third kappa shape index (κ3) is 3.13. The second-order valence-electron chi connectivity index (χ2n) is 6.60. The number of benzene rings is 1. The lowest BCUT2D eigenvalue weighted by molar-refractivity contribution is -0.140. The highest BCUT2D eigenvalue weighted by Crippen LogP contribution is 2.30. The predicted octanol–water partition coefficient (Wildman–Crippen LogP) is 3.59. The van der Waals surface area contributed by atoms with Crippen molar-refractivity contribution < 1.29 is 9.21 Å². The standard InChI is InChI=1S/C19H26N2O2/c1-4-9-21(19(22)13(2)16-11-20-12-16)14(3)18-10-15-7-5-6-8-17(15)23-18/h5-8,10,13-14,16,20H,4,9,11-12H2,1-3H3. The predicted molar refractivity (Wildman–Crippen MR) is 92.2 cm³/mol. The molecule has 4 heteroatoms. The van der Waals surface area contributed by atoms with Gasteiger partial charge in [0.2, 0.25) is 5.91 Å². The number of amides is 1. The van der Waals surface area contributed by atoms with Gasteiger partial charge in [-0.25, -0.2) is 0 Å². The summed E-state index contributed by atoms with van der Waals surface area (Å²) in [7, 11) is 0.